The molecule has 4 nitrogen and oxygen atoms in total. The van der Waals surface area contributed by atoms with E-state index in [1.807, 2.05) is 39.0 Å². The lowest BCUT2D eigenvalue weighted by Gasteiger charge is -2.20. The third-order valence-electron chi connectivity index (χ3n) is 3.33. The maximum atomic E-state index is 12.8. The highest BCUT2D eigenvalue weighted by atomic mass is 32.2. The molecule has 1 aromatic heterocycles. The van der Waals surface area contributed by atoms with Gasteiger partial charge in [-0.15, -0.1) is 11.3 Å². The van der Waals surface area contributed by atoms with Gasteiger partial charge in [0.05, 0.1) is 5.69 Å². The normalized spacial score (nSPS) is 11.7. The molecule has 0 amide bonds. The molecule has 0 bridgehead atoms. The summed E-state index contributed by atoms with van der Waals surface area (Å²) in [6.07, 6.45) is 0. The Hall–Kier alpha value is -1.37. The number of rotatable bonds is 4. The Labute approximate surface area is 130 Å². The molecule has 1 heterocycles. The summed E-state index contributed by atoms with van der Waals surface area (Å²) in [5, 5.41) is 0. The average molecular weight is 324 g/mol. The van der Waals surface area contributed by atoms with Gasteiger partial charge < -0.3 is 5.73 Å². The first-order valence-corrected chi connectivity index (χ1v) is 8.88. The molecule has 2 aromatic rings. The van der Waals surface area contributed by atoms with Gasteiger partial charge in [-0.2, -0.15) is 0 Å². The van der Waals surface area contributed by atoms with Gasteiger partial charge in [-0.25, -0.2) is 8.42 Å². The molecule has 21 heavy (non-hydrogen) atoms. The maximum absolute atomic E-state index is 12.8. The minimum atomic E-state index is -3.56. The van der Waals surface area contributed by atoms with Crippen LogP contribution in [0, 0.1) is 20.8 Å². The van der Waals surface area contributed by atoms with Crippen LogP contribution in [0.25, 0.3) is 0 Å². The quantitative estimate of drug-likeness (QED) is 0.940. The zero-order chi connectivity index (χ0) is 15.8. The van der Waals surface area contributed by atoms with E-state index in [9.17, 15) is 8.42 Å². The smallest absolute Gasteiger partial charge is 0.265 e. The third kappa shape index (κ3) is 3.12. The largest absolute Gasteiger partial charge is 0.326 e. The molecule has 0 spiro atoms. The Bertz CT molecular complexity index is 744. The second-order valence-corrected chi connectivity index (χ2v) is 8.43. The Morgan fingerprint density at radius 2 is 1.67 bits per heavy atom. The lowest BCUT2D eigenvalue weighted by Crippen LogP contribution is -2.26. The van der Waals surface area contributed by atoms with Crippen molar-refractivity contribution in [1.29, 1.82) is 0 Å². The highest BCUT2D eigenvalue weighted by molar-refractivity contribution is 7.93. The summed E-state index contributed by atoms with van der Waals surface area (Å²) < 4.78 is 26.9. The van der Waals surface area contributed by atoms with E-state index in [-0.39, 0.29) is 0 Å². The van der Waals surface area contributed by atoms with Crippen molar-refractivity contribution in [2.75, 3.05) is 11.4 Å². The van der Waals surface area contributed by atoms with Crippen molar-refractivity contribution in [1.82, 2.24) is 0 Å². The van der Waals surface area contributed by atoms with Crippen LogP contribution >= 0.6 is 11.3 Å². The fourth-order valence-electron chi connectivity index (χ4n) is 2.30. The summed E-state index contributed by atoms with van der Waals surface area (Å²) in [6, 6.07) is 7.44. The minimum absolute atomic E-state index is 0.342. The van der Waals surface area contributed by atoms with Gasteiger partial charge in [-0.1, -0.05) is 6.07 Å². The molecule has 2 N–H and O–H groups in total. The number of aryl methyl sites for hydroxylation is 3. The van der Waals surface area contributed by atoms with Gasteiger partial charge in [0.25, 0.3) is 10.0 Å². The van der Waals surface area contributed by atoms with Crippen LogP contribution in [0.2, 0.25) is 0 Å². The van der Waals surface area contributed by atoms with Crippen molar-refractivity contribution in [2.24, 2.45) is 5.73 Å². The monoisotopic (exact) mass is 324 g/mol. The summed E-state index contributed by atoms with van der Waals surface area (Å²) in [7, 11) is -1.97. The molecule has 0 saturated carbocycles. The SMILES string of the molecule is Cc1cc(C)cc(N(C)S(=O)(=O)c2cc(CN)sc2C)c1. The molecule has 0 aliphatic heterocycles. The van der Waals surface area contributed by atoms with Crippen LogP contribution < -0.4 is 10.0 Å². The van der Waals surface area contributed by atoms with Crippen molar-refractivity contribution in [3.8, 4) is 0 Å². The highest BCUT2D eigenvalue weighted by Gasteiger charge is 2.25. The van der Waals surface area contributed by atoms with Gasteiger partial charge in [-0.05, 0) is 50.1 Å². The van der Waals surface area contributed by atoms with Crippen molar-refractivity contribution >= 4 is 27.0 Å². The molecule has 2 rings (SSSR count). The van der Waals surface area contributed by atoms with Gasteiger partial charge in [0.1, 0.15) is 4.90 Å². The van der Waals surface area contributed by atoms with E-state index in [0.717, 1.165) is 20.9 Å². The fraction of sp³-hybridized carbons (Fsp3) is 0.333. The first-order valence-electron chi connectivity index (χ1n) is 6.62. The van der Waals surface area contributed by atoms with Crippen molar-refractivity contribution in [3.63, 3.8) is 0 Å². The second-order valence-electron chi connectivity index (χ2n) is 5.16. The zero-order valence-electron chi connectivity index (χ0n) is 12.7. The van der Waals surface area contributed by atoms with E-state index in [1.54, 1.807) is 13.1 Å². The molecule has 114 valence electrons. The van der Waals surface area contributed by atoms with Crippen LogP contribution in [0.3, 0.4) is 0 Å². The van der Waals surface area contributed by atoms with Crippen molar-refractivity contribution in [3.05, 3.63) is 45.1 Å². The Kier molecular flexibility index (Phi) is 4.41. The number of thiophene rings is 1. The molecule has 0 saturated heterocycles. The number of hydrogen-bond donors (Lipinski definition) is 1. The molecule has 0 radical (unpaired) electrons. The first-order chi connectivity index (χ1) is 9.75. The summed E-state index contributed by atoms with van der Waals surface area (Å²) in [4.78, 5) is 1.99. The van der Waals surface area contributed by atoms with Gasteiger partial charge in [0.15, 0.2) is 0 Å². The first kappa shape index (κ1) is 16.0. The average Bonchev–Trinajstić information content (AvgIpc) is 2.78. The van der Waals surface area contributed by atoms with Gasteiger partial charge in [0, 0.05) is 23.3 Å². The topological polar surface area (TPSA) is 63.4 Å². The Morgan fingerprint density at radius 3 is 2.14 bits per heavy atom. The highest BCUT2D eigenvalue weighted by Crippen LogP contribution is 2.30. The Morgan fingerprint density at radius 1 is 1.10 bits per heavy atom. The van der Waals surface area contributed by atoms with Crippen LogP contribution in [0.4, 0.5) is 5.69 Å². The van der Waals surface area contributed by atoms with Crippen molar-refractivity contribution < 1.29 is 8.42 Å². The van der Waals surface area contributed by atoms with Crippen molar-refractivity contribution in [2.45, 2.75) is 32.2 Å². The van der Waals surface area contributed by atoms with E-state index < -0.39 is 10.0 Å². The number of anilines is 1. The van der Waals surface area contributed by atoms with E-state index >= 15 is 0 Å². The van der Waals surface area contributed by atoms with Crippen LogP contribution in [0.1, 0.15) is 20.9 Å². The number of sulfonamides is 1. The molecule has 1 aromatic carbocycles. The number of hydrogen-bond acceptors (Lipinski definition) is 4. The van der Waals surface area contributed by atoms with E-state index in [0.29, 0.717) is 17.1 Å². The third-order valence-corrected chi connectivity index (χ3v) is 6.45. The standard InChI is InChI=1S/C15H20N2O2S2/c1-10-5-11(2)7-13(6-10)17(4)21(18,19)15-8-14(9-16)20-12(15)3/h5-8H,9,16H2,1-4H3. The Balaban J connectivity index is 2.49. The van der Waals surface area contributed by atoms with E-state index in [4.69, 9.17) is 5.73 Å². The van der Waals surface area contributed by atoms with E-state index in [1.165, 1.54) is 15.6 Å². The van der Waals surface area contributed by atoms with Gasteiger partial charge in [-0.3, -0.25) is 4.31 Å². The summed E-state index contributed by atoms with van der Waals surface area (Å²) in [5.74, 6) is 0. The molecule has 0 aliphatic rings. The van der Waals surface area contributed by atoms with Crippen LogP contribution in [-0.4, -0.2) is 15.5 Å². The van der Waals surface area contributed by atoms with Gasteiger partial charge in [0.2, 0.25) is 0 Å². The fourth-order valence-corrected chi connectivity index (χ4v) is 4.96. The lowest BCUT2D eigenvalue weighted by atomic mass is 10.1. The molecular weight excluding hydrogens is 304 g/mol. The number of nitrogens with zero attached hydrogens (tertiary/aromatic N) is 1. The molecule has 0 aliphatic carbocycles. The molecule has 0 fully saturated rings. The maximum Gasteiger partial charge on any atom is 0.265 e. The summed E-state index contributed by atoms with van der Waals surface area (Å²) in [6.45, 7) is 6.08. The lowest BCUT2D eigenvalue weighted by molar-refractivity contribution is 0.594. The minimum Gasteiger partial charge on any atom is -0.326 e. The summed E-state index contributed by atoms with van der Waals surface area (Å²) in [5.41, 5.74) is 8.36. The zero-order valence-corrected chi connectivity index (χ0v) is 14.3. The summed E-state index contributed by atoms with van der Waals surface area (Å²) >= 11 is 1.43. The molecular formula is C15H20N2O2S2. The number of benzene rings is 1. The molecule has 0 atom stereocenters. The second kappa shape index (κ2) is 5.79. The van der Waals surface area contributed by atoms with Crippen LogP contribution in [0.5, 0.6) is 0 Å². The number of nitrogens with two attached hydrogens (primary N) is 1. The van der Waals surface area contributed by atoms with Crippen LogP contribution in [-0.2, 0) is 16.6 Å². The molecule has 6 heteroatoms. The predicted octanol–water partition coefficient (Wildman–Crippen LogP) is 2.96. The predicted molar refractivity (Wildman–Crippen MR) is 88.5 cm³/mol. The van der Waals surface area contributed by atoms with Gasteiger partial charge >= 0.3 is 0 Å². The van der Waals surface area contributed by atoms with E-state index in [2.05, 4.69) is 0 Å². The van der Waals surface area contributed by atoms with Crippen LogP contribution in [0.15, 0.2) is 29.2 Å². The molecule has 0 unspecified atom stereocenters.